The Morgan fingerprint density at radius 3 is 2.73 bits per heavy atom. The highest BCUT2D eigenvalue weighted by molar-refractivity contribution is 5.28. The fourth-order valence-electron chi connectivity index (χ4n) is 2.09. The Morgan fingerprint density at radius 1 is 1.33 bits per heavy atom. The molecule has 0 aliphatic carbocycles. The fourth-order valence-corrected chi connectivity index (χ4v) is 2.09. The Balaban J connectivity index is 2.24. The van der Waals surface area contributed by atoms with E-state index in [9.17, 15) is 4.39 Å². The van der Waals surface area contributed by atoms with Crippen LogP contribution in [0.1, 0.15) is 29.9 Å². The molecule has 0 aromatic heterocycles. The van der Waals surface area contributed by atoms with Gasteiger partial charge in [-0.1, -0.05) is 12.1 Å². The maximum atomic E-state index is 13.6. The van der Waals surface area contributed by atoms with Crippen LogP contribution in [0, 0.1) is 5.82 Å². The lowest BCUT2D eigenvalue weighted by Crippen LogP contribution is -2.21. The third-order valence-electron chi connectivity index (χ3n) is 3.01. The molecule has 0 amide bonds. The molecule has 1 aromatic carbocycles. The maximum absolute atomic E-state index is 13.6. The van der Waals surface area contributed by atoms with Gasteiger partial charge in [0.25, 0.3) is 0 Å². The Bertz CT molecular complexity index is 332. The SMILES string of the molecule is NCc1ccc(F)c(C2CC[N]CC2)c1. The molecule has 0 saturated carbocycles. The molecular weight excluding hydrogens is 191 g/mol. The van der Waals surface area contributed by atoms with E-state index < -0.39 is 0 Å². The van der Waals surface area contributed by atoms with Gasteiger partial charge in [-0.25, -0.2) is 9.71 Å². The van der Waals surface area contributed by atoms with E-state index >= 15 is 0 Å². The van der Waals surface area contributed by atoms with Gasteiger partial charge in [0.05, 0.1) is 0 Å². The quantitative estimate of drug-likeness (QED) is 0.788. The summed E-state index contributed by atoms with van der Waals surface area (Å²) in [4.78, 5) is 0. The minimum Gasteiger partial charge on any atom is -0.326 e. The van der Waals surface area contributed by atoms with Gasteiger partial charge in [-0.15, -0.1) is 0 Å². The van der Waals surface area contributed by atoms with Gasteiger partial charge in [-0.2, -0.15) is 0 Å². The van der Waals surface area contributed by atoms with Crippen LogP contribution in [-0.2, 0) is 6.54 Å². The highest BCUT2D eigenvalue weighted by Gasteiger charge is 2.19. The molecule has 0 atom stereocenters. The average Bonchev–Trinajstić information content (AvgIpc) is 2.31. The zero-order chi connectivity index (χ0) is 10.7. The molecule has 0 spiro atoms. The van der Waals surface area contributed by atoms with Crippen molar-refractivity contribution in [2.24, 2.45) is 5.73 Å². The van der Waals surface area contributed by atoms with Gasteiger partial charge in [-0.3, -0.25) is 0 Å². The van der Waals surface area contributed by atoms with Crippen molar-refractivity contribution in [3.8, 4) is 0 Å². The largest absolute Gasteiger partial charge is 0.326 e. The number of nitrogens with two attached hydrogens (primary N) is 1. The van der Waals surface area contributed by atoms with Gasteiger partial charge < -0.3 is 5.73 Å². The van der Waals surface area contributed by atoms with Gasteiger partial charge in [-0.05, 0) is 36.0 Å². The van der Waals surface area contributed by atoms with E-state index in [2.05, 4.69) is 5.32 Å². The summed E-state index contributed by atoms with van der Waals surface area (Å²) in [6.07, 6.45) is 1.93. The molecule has 1 heterocycles. The van der Waals surface area contributed by atoms with Gasteiger partial charge in [0, 0.05) is 19.6 Å². The Labute approximate surface area is 89.7 Å². The highest BCUT2D eigenvalue weighted by atomic mass is 19.1. The van der Waals surface area contributed by atoms with Crippen molar-refractivity contribution in [2.45, 2.75) is 25.3 Å². The van der Waals surface area contributed by atoms with Crippen molar-refractivity contribution < 1.29 is 4.39 Å². The third kappa shape index (κ3) is 2.36. The molecule has 0 unspecified atom stereocenters. The number of piperidine rings is 1. The lowest BCUT2D eigenvalue weighted by atomic mass is 9.89. The molecular formula is C12H16FN2. The van der Waals surface area contributed by atoms with E-state index in [1.165, 1.54) is 6.07 Å². The number of halogens is 1. The van der Waals surface area contributed by atoms with Crippen molar-refractivity contribution in [1.82, 2.24) is 5.32 Å². The van der Waals surface area contributed by atoms with Crippen LogP contribution in [0.3, 0.4) is 0 Å². The first-order valence-electron chi connectivity index (χ1n) is 5.43. The molecule has 1 fully saturated rings. The lowest BCUT2D eigenvalue weighted by molar-refractivity contribution is 0.439. The molecule has 15 heavy (non-hydrogen) atoms. The number of nitrogens with zero attached hydrogens (tertiary/aromatic N) is 1. The monoisotopic (exact) mass is 207 g/mol. The minimum atomic E-state index is -0.0981. The molecule has 0 bridgehead atoms. The van der Waals surface area contributed by atoms with Crippen LogP contribution >= 0.6 is 0 Å². The Morgan fingerprint density at radius 2 is 2.07 bits per heavy atom. The molecule has 2 nitrogen and oxygen atoms in total. The minimum absolute atomic E-state index is 0.0981. The molecule has 2 N–H and O–H groups in total. The summed E-state index contributed by atoms with van der Waals surface area (Å²) in [5.74, 6) is 0.230. The van der Waals surface area contributed by atoms with E-state index in [1.54, 1.807) is 6.07 Å². The molecule has 3 heteroatoms. The molecule has 1 saturated heterocycles. The number of hydrogen-bond donors (Lipinski definition) is 1. The molecule has 1 aliphatic heterocycles. The Kier molecular flexibility index (Phi) is 3.34. The first-order chi connectivity index (χ1) is 7.31. The standard InChI is InChI=1S/C12H16FN2/c13-12-2-1-9(8-14)7-11(12)10-3-5-15-6-4-10/h1-2,7,10H,3-6,8,14H2. The van der Waals surface area contributed by atoms with Crippen molar-refractivity contribution in [2.75, 3.05) is 13.1 Å². The first-order valence-corrected chi connectivity index (χ1v) is 5.43. The van der Waals surface area contributed by atoms with Gasteiger partial charge >= 0.3 is 0 Å². The van der Waals surface area contributed by atoms with Gasteiger partial charge in [0.2, 0.25) is 0 Å². The van der Waals surface area contributed by atoms with E-state index in [0.29, 0.717) is 12.5 Å². The normalized spacial score (nSPS) is 18.0. The van der Waals surface area contributed by atoms with E-state index in [1.807, 2.05) is 6.07 Å². The van der Waals surface area contributed by atoms with Crippen molar-refractivity contribution >= 4 is 0 Å². The van der Waals surface area contributed by atoms with Crippen LogP contribution in [0.5, 0.6) is 0 Å². The molecule has 1 aliphatic rings. The second-order valence-corrected chi connectivity index (χ2v) is 4.01. The summed E-state index contributed by atoms with van der Waals surface area (Å²) in [6, 6.07) is 5.20. The van der Waals surface area contributed by atoms with E-state index in [4.69, 9.17) is 5.73 Å². The van der Waals surface area contributed by atoms with E-state index in [-0.39, 0.29) is 5.82 Å². The molecule has 81 valence electrons. The summed E-state index contributed by atoms with van der Waals surface area (Å²) >= 11 is 0. The van der Waals surface area contributed by atoms with Crippen LogP contribution in [0.4, 0.5) is 4.39 Å². The van der Waals surface area contributed by atoms with Crippen molar-refractivity contribution in [3.05, 3.63) is 35.1 Å². The highest BCUT2D eigenvalue weighted by Crippen LogP contribution is 2.28. The second kappa shape index (κ2) is 4.73. The number of hydrogen-bond acceptors (Lipinski definition) is 1. The topological polar surface area (TPSA) is 40.1 Å². The maximum Gasteiger partial charge on any atom is 0.126 e. The predicted octanol–water partition coefficient (Wildman–Crippen LogP) is 1.77. The average molecular weight is 207 g/mol. The summed E-state index contributed by atoms with van der Waals surface area (Å²) < 4.78 is 13.6. The summed E-state index contributed by atoms with van der Waals surface area (Å²) in [6.45, 7) is 2.19. The van der Waals surface area contributed by atoms with Crippen molar-refractivity contribution in [3.63, 3.8) is 0 Å². The van der Waals surface area contributed by atoms with Crippen LogP contribution in [0.2, 0.25) is 0 Å². The molecule has 1 aromatic rings. The Hall–Kier alpha value is -0.930. The summed E-state index contributed by atoms with van der Waals surface area (Å²) in [7, 11) is 0. The van der Waals surface area contributed by atoms with Crippen LogP contribution in [0.25, 0.3) is 0 Å². The molecule has 2 rings (SSSR count). The number of benzene rings is 1. The van der Waals surface area contributed by atoms with Crippen LogP contribution in [0.15, 0.2) is 18.2 Å². The van der Waals surface area contributed by atoms with Gasteiger partial charge in [0.1, 0.15) is 5.82 Å². The summed E-state index contributed by atoms with van der Waals surface area (Å²) in [5.41, 5.74) is 7.39. The predicted molar refractivity (Wildman–Crippen MR) is 58.1 cm³/mol. The summed E-state index contributed by atoms with van der Waals surface area (Å²) in [5, 5.41) is 4.28. The van der Waals surface area contributed by atoms with Gasteiger partial charge in [0.15, 0.2) is 0 Å². The molecule has 1 radical (unpaired) electrons. The third-order valence-corrected chi connectivity index (χ3v) is 3.01. The smallest absolute Gasteiger partial charge is 0.126 e. The van der Waals surface area contributed by atoms with E-state index in [0.717, 1.165) is 37.1 Å². The van der Waals surface area contributed by atoms with Crippen LogP contribution < -0.4 is 11.1 Å². The fraction of sp³-hybridized carbons (Fsp3) is 0.500. The van der Waals surface area contributed by atoms with Crippen LogP contribution in [-0.4, -0.2) is 13.1 Å². The number of rotatable bonds is 2. The first kappa shape index (κ1) is 10.6. The second-order valence-electron chi connectivity index (χ2n) is 4.01. The van der Waals surface area contributed by atoms with Crippen molar-refractivity contribution in [1.29, 1.82) is 0 Å². The zero-order valence-electron chi connectivity index (χ0n) is 8.75. The lowest BCUT2D eigenvalue weighted by Gasteiger charge is -2.22. The zero-order valence-corrected chi connectivity index (χ0v) is 8.75.